The van der Waals surface area contributed by atoms with Crippen molar-refractivity contribution < 1.29 is 19.1 Å². The molecule has 1 aliphatic carbocycles. The van der Waals surface area contributed by atoms with Crippen molar-refractivity contribution in [3.05, 3.63) is 29.3 Å². The number of ether oxygens (including phenoxy) is 1. The summed E-state index contributed by atoms with van der Waals surface area (Å²) in [5.74, 6) is 0.441. The van der Waals surface area contributed by atoms with Crippen molar-refractivity contribution in [2.75, 3.05) is 26.7 Å². The van der Waals surface area contributed by atoms with E-state index in [1.165, 1.54) is 0 Å². The first-order valence-electron chi connectivity index (χ1n) is 9.82. The van der Waals surface area contributed by atoms with Crippen LogP contribution in [-0.2, 0) is 9.59 Å². The number of nitrogens with one attached hydrogen (secondary N) is 2. The number of rotatable bonds is 7. The summed E-state index contributed by atoms with van der Waals surface area (Å²) < 4.78 is 5.60. The lowest BCUT2D eigenvalue weighted by molar-refractivity contribution is -0.140. The third kappa shape index (κ3) is 5.19. The van der Waals surface area contributed by atoms with Crippen molar-refractivity contribution >= 4 is 29.4 Å². The van der Waals surface area contributed by atoms with Gasteiger partial charge in [-0.25, -0.2) is 4.79 Å². The fraction of sp³-hybridized carbons (Fsp3) is 0.550. The van der Waals surface area contributed by atoms with Crippen LogP contribution in [-0.4, -0.2) is 60.0 Å². The van der Waals surface area contributed by atoms with Crippen LogP contribution in [0.1, 0.15) is 32.6 Å². The Hall–Kier alpha value is -2.32. The zero-order valence-corrected chi connectivity index (χ0v) is 17.5. The van der Waals surface area contributed by atoms with Gasteiger partial charge in [-0.2, -0.15) is 5.01 Å². The summed E-state index contributed by atoms with van der Waals surface area (Å²) in [6.07, 6.45) is 2.97. The molecule has 2 aliphatic rings. The largest absolute Gasteiger partial charge is 0.492 e. The molecule has 3 rings (SSSR count). The molecule has 2 N–H and O–H groups in total. The third-order valence-electron chi connectivity index (χ3n) is 5.50. The summed E-state index contributed by atoms with van der Waals surface area (Å²) in [6.45, 7) is 3.05. The normalized spacial score (nSPS) is 24.1. The third-order valence-corrected chi connectivity index (χ3v) is 5.75. The molecule has 4 amide bonds. The van der Waals surface area contributed by atoms with Gasteiger partial charge in [0.15, 0.2) is 0 Å². The minimum atomic E-state index is -0.866. The van der Waals surface area contributed by atoms with Crippen LogP contribution in [0.25, 0.3) is 0 Å². The Kier molecular flexibility index (Phi) is 6.64. The van der Waals surface area contributed by atoms with Crippen molar-refractivity contribution in [2.45, 2.75) is 38.1 Å². The minimum absolute atomic E-state index is 0.0328. The van der Waals surface area contributed by atoms with Gasteiger partial charge in [-0.05, 0) is 62.9 Å². The monoisotopic (exact) mass is 422 g/mol. The van der Waals surface area contributed by atoms with Crippen molar-refractivity contribution in [1.82, 2.24) is 20.7 Å². The molecular weight excluding hydrogens is 396 g/mol. The number of imide groups is 1. The lowest BCUT2D eigenvalue weighted by Gasteiger charge is -2.33. The van der Waals surface area contributed by atoms with Crippen molar-refractivity contribution in [3.63, 3.8) is 0 Å². The zero-order valence-electron chi connectivity index (χ0n) is 16.7. The molecule has 2 fully saturated rings. The van der Waals surface area contributed by atoms with E-state index in [0.717, 1.165) is 17.9 Å². The van der Waals surface area contributed by atoms with Crippen LogP contribution in [0.5, 0.6) is 5.75 Å². The van der Waals surface area contributed by atoms with Crippen LogP contribution in [0.4, 0.5) is 4.79 Å². The first-order chi connectivity index (χ1) is 13.8. The molecule has 1 aliphatic heterocycles. The number of carbonyl (C=O) groups is 3. The maximum Gasteiger partial charge on any atom is 0.344 e. The van der Waals surface area contributed by atoms with Gasteiger partial charge in [0.1, 0.15) is 17.9 Å². The van der Waals surface area contributed by atoms with Gasteiger partial charge in [0, 0.05) is 11.6 Å². The predicted octanol–water partition coefficient (Wildman–Crippen LogP) is 2.18. The van der Waals surface area contributed by atoms with Gasteiger partial charge in [0.2, 0.25) is 0 Å². The molecule has 0 radical (unpaired) electrons. The minimum Gasteiger partial charge on any atom is -0.492 e. The summed E-state index contributed by atoms with van der Waals surface area (Å²) in [6, 6.07) is 6.47. The Labute approximate surface area is 175 Å². The zero-order chi connectivity index (χ0) is 21.0. The fourth-order valence-corrected chi connectivity index (χ4v) is 3.78. The number of urea groups is 1. The second-order valence-corrected chi connectivity index (χ2v) is 8.35. The molecule has 8 nitrogen and oxygen atoms in total. The number of benzene rings is 1. The van der Waals surface area contributed by atoms with Crippen LogP contribution in [0.15, 0.2) is 24.3 Å². The van der Waals surface area contributed by atoms with Crippen molar-refractivity contribution in [3.8, 4) is 5.75 Å². The summed E-state index contributed by atoms with van der Waals surface area (Å²) >= 11 is 5.83. The molecular formula is C20H27ClN4O4. The average molecular weight is 423 g/mol. The van der Waals surface area contributed by atoms with E-state index in [0.29, 0.717) is 42.7 Å². The number of halogens is 1. The van der Waals surface area contributed by atoms with E-state index in [4.69, 9.17) is 16.3 Å². The van der Waals surface area contributed by atoms with Crippen LogP contribution < -0.4 is 15.5 Å². The topological polar surface area (TPSA) is 91.0 Å². The van der Waals surface area contributed by atoms with Crippen molar-refractivity contribution in [2.24, 2.45) is 5.92 Å². The van der Waals surface area contributed by atoms with Crippen molar-refractivity contribution in [1.29, 1.82) is 0 Å². The average Bonchev–Trinajstić information content (AvgIpc) is 2.90. The molecule has 1 aromatic carbocycles. The fourth-order valence-electron chi connectivity index (χ4n) is 3.65. The van der Waals surface area contributed by atoms with E-state index in [1.807, 2.05) is 0 Å². The molecule has 158 valence electrons. The lowest BCUT2D eigenvalue weighted by atomic mass is 9.77. The number of carbonyl (C=O) groups excluding carboxylic acids is 3. The van der Waals surface area contributed by atoms with E-state index < -0.39 is 17.5 Å². The first kappa shape index (κ1) is 21.4. The molecule has 0 unspecified atom stereocenters. The molecule has 1 heterocycles. The number of hydrogen-bond acceptors (Lipinski definition) is 5. The highest BCUT2D eigenvalue weighted by Crippen LogP contribution is 2.35. The van der Waals surface area contributed by atoms with Gasteiger partial charge >= 0.3 is 6.03 Å². The van der Waals surface area contributed by atoms with Gasteiger partial charge in [-0.1, -0.05) is 18.5 Å². The summed E-state index contributed by atoms with van der Waals surface area (Å²) in [5, 5.41) is 4.25. The predicted molar refractivity (Wildman–Crippen MR) is 108 cm³/mol. The second kappa shape index (κ2) is 9.00. The molecule has 1 saturated heterocycles. The van der Waals surface area contributed by atoms with Gasteiger partial charge in [0.25, 0.3) is 11.8 Å². The molecule has 0 bridgehead atoms. The van der Waals surface area contributed by atoms with Gasteiger partial charge in [-0.15, -0.1) is 0 Å². The molecule has 9 heteroatoms. The quantitative estimate of drug-likeness (QED) is 0.657. The second-order valence-electron chi connectivity index (χ2n) is 7.91. The maximum atomic E-state index is 12.8. The number of nitrogens with zero attached hydrogens (tertiary/aromatic N) is 2. The standard InChI is InChI=1S/C20H27ClN4O4/c1-14-7-9-20(10-8-14)18(27)25(19(28)22-20)23-17(26)13-24(2)11-12-29-16-5-3-15(21)4-6-16/h3-6,14H,7-13H2,1-2H3,(H,22,28)(H,23,26). The number of amides is 4. The van der Waals surface area contributed by atoms with E-state index in [9.17, 15) is 14.4 Å². The summed E-state index contributed by atoms with van der Waals surface area (Å²) in [7, 11) is 1.76. The Morgan fingerprint density at radius 1 is 1.31 bits per heavy atom. The first-order valence-corrected chi connectivity index (χ1v) is 10.2. The molecule has 1 saturated carbocycles. The maximum absolute atomic E-state index is 12.8. The number of likely N-dealkylation sites (N-methyl/N-ethyl adjacent to an activating group) is 1. The van der Waals surface area contributed by atoms with E-state index in [2.05, 4.69) is 17.7 Å². The van der Waals surface area contributed by atoms with E-state index >= 15 is 0 Å². The van der Waals surface area contributed by atoms with Gasteiger partial charge in [0.05, 0.1) is 6.54 Å². The van der Waals surface area contributed by atoms with Gasteiger partial charge in [-0.3, -0.25) is 19.9 Å². The van der Waals surface area contributed by atoms with Crippen LogP contribution >= 0.6 is 11.6 Å². The van der Waals surface area contributed by atoms with Crippen LogP contribution in [0.3, 0.4) is 0 Å². The highest BCUT2D eigenvalue weighted by molar-refractivity contribution is 6.30. The lowest BCUT2D eigenvalue weighted by Crippen LogP contribution is -2.52. The number of hydrogen-bond donors (Lipinski definition) is 2. The smallest absolute Gasteiger partial charge is 0.344 e. The SMILES string of the molecule is CC1CCC2(CC1)NC(=O)N(NC(=O)CN(C)CCOc1ccc(Cl)cc1)C2=O. The highest BCUT2D eigenvalue weighted by atomic mass is 35.5. The highest BCUT2D eigenvalue weighted by Gasteiger charge is 2.52. The molecule has 1 spiro atoms. The molecule has 1 aromatic rings. The Morgan fingerprint density at radius 3 is 2.62 bits per heavy atom. The van der Waals surface area contributed by atoms with E-state index in [-0.39, 0.29) is 12.5 Å². The summed E-state index contributed by atoms with van der Waals surface area (Å²) in [5.41, 5.74) is 1.58. The Morgan fingerprint density at radius 2 is 1.97 bits per heavy atom. The van der Waals surface area contributed by atoms with Crippen LogP contribution in [0.2, 0.25) is 5.02 Å². The molecule has 0 aromatic heterocycles. The molecule has 0 atom stereocenters. The Bertz CT molecular complexity index is 762. The van der Waals surface area contributed by atoms with Gasteiger partial charge < -0.3 is 10.1 Å². The summed E-state index contributed by atoms with van der Waals surface area (Å²) in [4.78, 5) is 39.1. The van der Waals surface area contributed by atoms with Crippen LogP contribution in [0, 0.1) is 5.92 Å². The number of hydrazine groups is 1. The van der Waals surface area contributed by atoms with E-state index in [1.54, 1.807) is 36.2 Å². The Balaban J connectivity index is 1.44. The molecule has 29 heavy (non-hydrogen) atoms.